The number of nitrogens with zero attached hydrogens (tertiary/aromatic N) is 2. The number of carboxylic acids is 1. The highest BCUT2D eigenvalue weighted by molar-refractivity contribution is 6.00. The Bertz CT molecular complexity index is 1370. The molecule has 38 heavy (non-hydrogen) atoms. The Hall–Kier alpha value is -4.17. The van der Waals surface area contributed by atoms with E-state index in [1.165, 1.54) is 7.11 Å². The average molecular weight is 535 g/mol. The molecule has 11 nitrogen and oxygen atoms in total. The van der Waals surface area contributed by atoms with E-state index in [4.69, 9.17) is 9.90 Å². The molecule has 0 spiro atoms. The van der Waals surface area contributed by atoms with Crippen LogP contribution in [-0.4, -0.2) is 76.0 Å². The highest BCUT2D eigenvalue weighted by Crippen LogP contribution is 2.43. The Morgan fingerprint density at radius 1 is 1.26 bits per heavy atom. The highest BCUT2D eigenvalue weighted by Gasteiger charge is 2.50. The van der Waals surface area contributed by atoms with Crippen molar-refractivity contribution in [2.45, 2.75) is 18.3 Å². The van der Waals surface area contributed by atoms with Crippen molar-refractivity contribution in [3.8, 4) is 0 Å². The fourth-order valence-corrected chi connectivity index (χ4v) is 4.50. The number of fused-ring (bicyclic) bond motifs is 2. The number of rotatable bonds is 4. The molecule has 0 bridgehead atoms. The maximum atomic E-state index is 13.3. The zero-order valence-corrected chi connectivity index (χ0v) is 20.0. The number of aromatic nitrogens is 2. The molecular formula is C24H24F3N5O6. The molecule has 2 amide bonds. The van der Waals surface area contributed by atoms with E-state index in [0.29, 0.717) is 34.3 Å². The molecular weight excluding hydrogens is 511 g/mol. The predicted octanol–water partition coefficient (Wildman–Crippen LogP) is 2.63. The molecule has 3 aromatic rings. The van der Waals surface area contributed by atoms with Gasteiger partial charge < -0.3 is 30.2 Å². The number of aliphatic hydroxyl groups is 1. The monoisotopic (exact) mass is 535 g/mol. The molecule has 2 atom stereocenters. The molecule has 2 aliphatic heterocycles. The number of carboxylic acid groups (broad SMARTS) is 1. The molecule has 5 rings (SSSR count). The number of ether oxygens (including phenoxy) is 1. The predicted molar refractivity (Wildman–Crippen MR) is 127 cm³/mol. The van der Waals surface area contributed by atoms with Gasteiger partial charge in [0.2, 0.25) is 5.95 Å². The molecule has 1 fully saturated rings. The van der Waals surface area contributed by atoms with Gasteiger partial charge in [-0.05, 0) is 43.6 Å². The minimum absolute atomic E-state index is 0.178. The van der Waals surface area contributed by atoms with Crippen LogP contribution in [0.25, 0.3) is 11.0 Å². The zero-order valence-electron chi connectivity index (χ0n) is 20.0. The molecule has 5 N–H and O–H groups in total. The quantitative estimate of drug-likeness (QED) is 0.341. The zero-order chi connectivity index (χ0) is 27.7. The molecule has 1 aromatic heterocycles. The SMILES string of the molecule is COC(=O)Nc1nc2ccc(C3(O)c4ccccc4C(=O)N3CC3CCNC3)cc2[nH]1.O=C(O)C(F)(F)F. The summed E-state index contributed by atoms with van der Waals surface area (Å²) in [5, 5.41) is 25.0. The third-order valence-corrected chi connectivity index (χ3v) is 6.30. The van der Waals surface area contributed by atoms with Gasteiger partial charge >= 0.3 is 18.2 Å². The summed E-state index contributed by atoms with van der Waals surface area (Å²) in [5.41, 5.74) is 1.27. The van der Waals surface area contributed by atoms with Crippen molar-refractivity contribution in [3.63, 3.8) is 0 Å². The lowest BCUT2D eigenvalue weighted by Crippen LogP contribution is -2.47. The van der Waals surface area contributed by atoms with Gasteiger partial charge in [-0.2, -0.15) is 13.2 Å². The van der Waals surface area contributed by atoms with Crippen molar-refractivity contribution in [3.05, 3.63) is 59.2 Å². The number of carbonyl (C=O) groups excluding carboxylic acids is 2. The number of benzene rings is 2. The van der Waals surface area contributed by atoms with Crippen LogP contribution in [0.3, 0.4) is 0 Å². The Morgan fingerprint density at radius 3 is 2.61 bits per heavy atom. The Labute approximate surface area is 213 Å². The minimum atomic E-state index is -5.08. The largest absolute Gasteiger partial charge is 0.490 e. The summed E-state index contributed by atoms with van der Waals surface area (Å²) < 4.78 is 36.3. The lowest BCUT2D eigenvalue weighted by atomic mass is 9.93. The molecule has 0 aliphatic carbocycles. The van der Waals surface area contributed by atoms with E-state index in [1.54, 1.807) is 41.3 Å². The van der Waals surface area contributed by atoms with Crippen molar-refractivity contribution in [2.75, 3.05) is 32.1 Å². The van der Waals surface area contributed by atoms with Gasteiger partial charge in [-0.1, -0.05) is 24.3 Å². The van der Waals surface area contributed by atoms with Gasteiger partial charge in [0.15, 0.2) is 5.72 Å². The molecule has 2 unspecified atom stereocenters. The summed E-state index contributed by atoms with van der Waals surface area (Å²) in [6.07, 6.45) is -4.76. The topological polar surface area (TPSA) is 157 Å². The van der Waals surface area contributed by atoms with Gasteiger partial charge in [0.05, 0.1) is 18.1 Å². The lowest BCUT2D eigenvalue weighted by Gasteiger charge is -2.36. The van der Waals surface area contributed by atoms with Gasteiger partial charge in [0, 0.05) is 23.2 Å². The first kappa shape index (κ1) is 26.9. The summed E-state index contributed by atoms with van der Waals surface area (Å²) in [7, 11) is 1.27. The number of methoxy groups -OCH3 is 1. The van der Waals surface area contributed by atoms with Gasteiger partial charge in [0.1, 0.15) is 0 Å². The van der Waals surface area contributed by atoms with E-state index < -0.39 is 24.0 Å². The summed E-state index contributed by atoms with van der Waals surface area (Å²) in [6.45, 7) is 2.18. The van der Waals surface area contributed by atoms with Crippen molar-refractivity contribution >= 4 is 35.0 Å². The van der Waals surface area contributed by atoms with Crippen LogP contribution in [0.1, 0.15) is 27.9 Å². The summed E-state index contributed by atoms with van der Waals surface area (Å²) in [5.74, 6) is -2.42. The van der Waals surface area contributed by atoms with Crippen LogP contribution >= 0.6 is 0 Å². The van der Waals surface area contributed by atoms with E-state index in [-0.39, 0.29) is 17.8 Å². The molecule has 1 saturated heterocycles. The molecule has 202 valence electrons. The Kier molecular flexibility index (Phi) is 7.29. The minimum Gasteiger partial charge on any atom is -0.475 e. The first-order valence-corrected chi connectivity index (χ1v) is 11.4. The third kappa shape index (κ3) is 5.13. The van der Waals surface area contributed by atoms with Gasteiger partial charge in [-0.25, -0.2) is 14.6 Å². The maximum Gasteiger partial charge on any atom is 0.490 e. The third-order valence-electron chi connectivity index (χ3n) is 6.30. The summed E-state index contributed by atoms with van der Waals surface area (Å²) in [6, 6.07) is 12.5. The number of halogens is 3. The average Bonchev–Trinajstić information content (AvgIpc) is 3.59. The second-order valence-electron chi connectivity index (χ2n) is 8.73. The smallest absolute Gasteiger partial charge is 0.475 e. The highest BCUT2D eigenvalue weighted by atomic mass is 19.4. The number of amides is 2. The number of nitrogens with one attached hydrogen (secondary N) is 3. The normalized spacial score (nSPS) is 20.6. The van der Waals surface area contributed by atoms with Crippen molar-refractivity contribution < 1.29 is 42.5 Å². The van der Waals surface area contributed by atoms with Crippen LogP contribution in [-0.2, 0) is 15.3 Å². The standard InChI is InChI=1S/C22H23N5O4.C2HF3O2/c1-31-21(29)26-20-24-17-7-6-14(10-18(17)25-20)22(30)16-5-3-2-4-15(16)19(28)27(22)12-13-8-9-23-11-13;3-2(4,5)1(6)7/h2-7,10,13,23,30H,8-9,11-12H2,1H3,(H2,24,25,26,29);(H,6,7). The number of hydrogen-bond donors (Lipinski definition) is 5. The number of aromatic amines is 1. The van der Waals surface area contributed by atoms with Crippen molar-refractivity contribution in [2.24, 2.45) is 5.92 Å². The molecule has 0 saturated carbocycles. The first-order valence-electron chi connectivity index (χ1n) is 11.4. The van der Waals surface area contributed by atoms with E-state index >= 15 is 0 Å². The first-order chi connectivity index (χ1) is 17.9. The molecule has 2 aliphatic rings. The second-order valence-corrected chi connectivity index (χ2v) is 8.73. The Morgan fingerprint density at radius 2 is 1.97 bits per heavy atom. The van der Waals surface area contributed by atoms with Crippen LogP contribution in [0.4, 0.5) is 23.9 Å². The summed E-state index contributed by atoms with van der Waals surface area (Å²) in [4.78, 5) is 42.5. The van der Waals surface area contributed by atoms with E-state index in [1.807, 2.05) is 6.07 Å². The van der Waals surface area contributed by atoms with Crippen LogP contribution in [0, 0.1) is 5.92 Å². The molecule has 14 heteroatoms. The van der Waals surface area contributed by atoms with Crippen LogP contribution in [0.15, 0.2) is 42.5 Å². The molecule has 2 aromatic carbocycles. The fourth-order valence-electron chi connectivity index (χ4n) is 4.50. The second kappa shape index (κ2) is 10.3. The number of alkyl halides is 3. The van der Waals surface area contributed by atoms with Crippen molar-refractivity contribution in [1.29, 1.82) is 0 Å². The summed E-state index contributed by atoms with van der Waals surface area (Å²) >= 11 is 0. The number of carbonyl (C=O) groups is 3. The van der Waals surface area contributed by atoms with Crippen LogP contribution in [0.2, 0.25) is 0 Å². The van der Waals surface area contributed by atoms with Crippen LogP contribution in [0.5, 0.6) is 0 Å². The number of aliphatic carboxylic acids is 1. The van der Waals surface area contributed by atoms with E-state index in [2.05, 4.69) is 25.3 Å². The molecule has 0 radical (unpaired) electrons. The van der Waals surface area contributed by atoms with Gasteiger partial charge in [0.25, 0.3) is 5.91 Å². The fraction of sp³-hybridized carbons (Fsp3) is 0.333. The van der Waals surface area contributed by atoms with Gasteiger partial charge in [-0.3, -0.25) is 10.1 Å². The molecule has 3 heterocycles. The van der Waals surface area contributed by atoms with Crippen molar-refractivity contribution in [1.82, 2.24) is 20.2 Å². The number of anilines is 1. The lowest BCUT2D eigenvalue weighted by molar-refractivity contribution is -0.192. The van der Waals surface area contributed by atoms with Crippen LogP contribution < -0.4 is 10.6 Å². The Balaban J connectivity index is 0.000000426. The number of hydrogen-bond acceptors (Lipinski definition) is 7. The van der Waals surface area contributed by atoms with Gasteiger partial charge in [-0.15, -0.1) is 0 Å². The number of H-pyrrole nitrogens is 1. The van der Waals surface area contributed by atoms with E-state index in [9.17, 15) is 27.9 Å². The number of imidazole rings is 1. The van der Waals surface area contributed by atoms with E-state index in [0.717, 1.165) is 19.5 Å². The maximum absolute atomic E-state index is 13.3.